The van der Waals surface area contributed by atoms with Crippen molar-refractivity contribution in [1.82, 2.24) is 9.80 Å². The zero-order valence-corrected chi connectivity index (χ0v) is 17.1. The number of ether oxygens (including phenoxy) is 1. The largest absolute Gasteiger partial charge is 0.379 e. The molecule has 3 aliphatic rings. The first-order valence-electron chi connectivity index (χ1n) is 10.9. The SMILES string of the molecule is O=C(/C=C/c1ccc(N2CCCC2=O)cc1)N1CCC(CN2CCOCC2)CC1. The minimum atomic E-state index is 0.0913. The van der Waals surface area contributed by atoms with Crippen molar-refractivity contribution in [2.24, 2.45) is 5.92 Å². The van der Waals surface area contributed by atoms with Crippen LogP contribution in [0.1, 0.15) is 31.2 Å². The van der Waals surface area contributed by atoms with Gasteiger partial charge in [-0.1, -0.05) is 12.1 Å². The van der Waals surface area contributed by atoms with E-state index in [9.17, 15) is 9.59 Å². The molecular weight excluding hydrogens is 366 g/mol. The molecule has 6 heteroatoms. The number of morpholine rings is 1. The quantitative estimate of drug-likeness (QED) is 0.716. The molecule has 3 fully saturated rings. The highest BCUT2D eigenvalue weighted by Crippen LogP contribution is 2.22. The van der Waals surface area contributed by atoms with E-state index in [1.165, 1.54) is 0 Å². The summed E-state index contributed by atoms with van der Waals surface area (Å²) >= 11 is 0. The molecule has 0 aliphatic carbocycles. The van der Waals surface area contributed by atoms with E-state index < -0.39 is 0 Å². The molecule has 6 nitrogen and oxygen atoms in total. The minimum Gasteiger partial charge on any atom is -0.379 e. The van der Waals surface area contributed by atoms with Crippen LogP contribution < -0.4 is 4.90 Å². The van der Waals surface area contributed by atoms with Crippen molar-refractivity contribution in [2.75, 3.05) is 57.4 Å². The number of carbonyl (C=O) groups is 2. The lowest BCUT2D eigenvalue weighted by Crippen LogP contribution is -2.43. The van der Waals surface area contributed by atoms with Gasteiger partial charge in [0.15, 0.2) is 0 Å². The minimum absolute atomic E-state index is 0.0913. The lowest BCUT2D eigenvalue weighted by molar-refractivity contribution is -0.127. The average Bonchev–Trinajstić information content (AvgIpc) is 3.19. The maximum absolute atomic E-state index is 12.5. The van der Waals surface area contributed by atoms with E-state index in [4.69, 9.17) is 4.74 Å². The summed E-state index contributed by atoms with van der Waals surface area (Å²) in [6.45, 7) is 7.37. The number of hydrogen-bond donors (Lipinski definition) is 0. The van der Waals surface area contributed by atoms with Crippen LogP contribution in [0, 0.1) is 5.92 Å². The van der Waals surface area contributed by atoms with Gasteiger partial charge >= 0.3 is 0 Å². The lowest BCUT2D eigenvalue weighted by Gasteiger charge is -2.35. The van der Waals surface area contributed by atoms with Crippen molar-refractivity contribution in [3.63, 3.8) is 0 Å². The third kappa shape index (κ3) is 5.25. The number of piperidine rings is 1. The van der Waals surface area contributed by atoms with Crippen LogP contribution >= 0.6 is 0 Å². The summed E-state index contributed by atoms with van der Waals surface area (Å²) in [6, 6.07) is 7.87. The Hall–Kier alpha value is -2.18. The highest BCUT2D eigenvalue weighted by Gasteiger charge is 2.24. The van der Waals surface area contributed by atoms with E-state index in [0.29, 0.717) is 12.3 Å². The smallest absolute Gasteiger partial charge is 0.246 e. The molecule has 29 heavy (non-hydrogen) atoms. The molecule has 0 atom stereocenters. The average molecular weight is 398 g/mol. The van der Waals surface area contributed by atoms with Gasteiger partial charge in [-0.15, -0.1) is 0 Å². The molecule has 3 aliphatic heterocycles. The van der Waals surface area contributed by atoms with Gasteiger partial charge in [0.2, 0.25) is 11.8 Å². The molecule has 2 amide bonds. The molecule has 0 aromatic heterocycles. The molecule has 0 N–H and O–H groups in total. The van der Waals surface area contributed by atoms with Crippen LogP contribution in [0.2, 0.25) is 0 Å². The van der Waals surface area contributed by atoms with Crippen LogP contribution in [0.25, 0.3) is 6.08 Å². The van der Waals surface area contributed by atoms with E-state index in [1.54, 1.807) is 6.08 Å². The zero-order valence-electron chi connectivity index (χ0n) is 17.1. The van der Waals surface area contributed by atoms with Crippen LogP contribution in [-0.2, 0) is 14.3 Å². The van der Waals surface area contributed by atoms with Crippen molar-refractivity contribution < 1.29 is 14.3 Å². The predicted molar refractivity (Wildman–Crippen MR) is 114 cm³/mol. The molecule has 1 aromatic carbocycles. The van der Waals surface area contributed by atoms with Crippen LogP contribution in [0.5, 0.6) is 0 Å². The highest BCUT2D eigenvalue weighted by molar-refractivity contribution is 5.95. The van der Waals surface area contributed by atoms with Gasteiger partial charge < -0.3 is 14.5 Å². The maximum atomic E-state index is 12.5. The summed E-state index contributed by atoms with van der Waals surface area (Å²) in [4.78, 5) is 30.7. The second-order valence-corrected chi connectivity index (χ2v) is 8.26. The standard InChI is InChI=1S/C23H31N3O3/c27-22(25-12-9-20(10-13-25)18-24-14-16-29-17-15-24)8-5-19-3-6-21(7-4-19)26-11-1-2-23(26)28/h3-8,20H,1-2,9-18H2/b8-5+. The third-order valence-electron chi connectivity index (χ3n) is 6.24. The van der Waals surface area contributed by atoms with Gasteiger partial charge in [0.25, 0.3) is 0 Å². The lowest BCUT2D eigenvalue weighted by atomic mass is 9.96. The summed E-state index contributed by atoms with van der Waals surface area (Å²) in [6.07, 6.45) is 7.28. The second kappa shape index (κ2) is 9.55. The number of rotatable bonds is 5. The van der Waals surface area contributed by atoms with Gasteiger partial charge in [-0.25, -0.2) is 0 Å². The Morgan fingerprint density at radius 1 is 1.03 bits per heavy atom. The number of likely N-dealkylation sites (tertiary alicyclic amines) is 1. The van der Waals surface area contributed by atoms with Crippen molar-refractivity contribution >= 4 is 23.6 Å². The predicted octanol–water partition coefficient (Wildman–Crippen LogP) is 2.40. The van der Waals surface area contributed by atoms with Gasteiger partial charge in [-0.2, -0.15) is 0 Å². The first-order chi connectivity index (χ1) is 14.2. The van der Waals surface area contributed by atoms with Crippen LogP contribution in [0.4, 0.5) is 5.69 Å². The molecule has 0 radical (unpaired) electrons. The summed E-state index contributed by atoms with van der Waals surface area (Å²) in [5.74, 6) is 0.969. The number of amides is 2. The molecule has 3 saturated heterocycles. The molecule has 0 spiro atoms. The number of anilines is 1. The molecule has 4 rings (SSSR count). The van der Waals surface area contributed by atoms with Gasteiger partial charge in [-0.3, -0.25) is 14.5 Å². The Labute approximate surface area is 173 Å². The molecule has 3 heterocycles. The Bertz CT molecular complexity index is 732. The summed E-state index contributed by atoms with van der Waals surface area (Å²) in [7, 11) is 0. The van der Waals surface area contributed by atoms with Crippen LogP contribution in [-0.4, -0.2) is 74.1 Å². The molecule has 0 unspecified atom stereocenters. The van der Waals surface area contributed by atoms with Gasteiger partial charge in [0.05, 0.1) is 13.2 Å². The van der Waals surface area contributed by atoms with Crippen LogP contribution in [0.3, 0.4) is 0 Å². The number of carbonyl (C=O) groups excluding carboxylic acids is 2. The fourth-order valence-electron chi connectivity index (χ4n) is 4.44. The zero-order chi connectivity index (χ0) is 20.1. The number of nitrogens with zero attached hydrogens (tertiary/aromatic N) is 3. The van der Waals surface area contributed by atoms with E-state index in [0.717, 1.165) is 83.0 Å². The van der Waals surface area contributed by atoms with Crippen LogP contribution in [0.15, 0.2) is 30.3 Å². The molecule has 1 aromatic rings. The van der Waals surface area contributed by atoms with Crippen molar-refractivity contribution in [3.8, 4) is 0 Å². The van der Waals surface area contributed by atoms with E-state index >= 15 is 0 Å². The maximum Gasteiger partial charge on any atom is 0.246 e. The van der Waals surface area contributed by atoms with Gasteiger partial charge in [0, 0.05) is 57.5 Å². The topological polar surface area (TPSA) is 53.1 Å². The fourth-order valence-corrected chi connectivity index (χ4v) is 4.44. The molecule has 0 bridgehead atoms. The number of benzene rings is 1. The van der Waals surface area contributed by atoms with Gasteiger partial charge in [0.1, 0.15) is 0 Å². The molecular formula is C23H31N3O3. The summed E-state index contributed by atoms with van der Waals surface area (Å²) < 4.78 is 5.42. The Balaban J connectivity index is 1.24. The monoisotopic (exact) mass is 397 g/mol. The van der Waals surface area contributed by atoms with E-state index in [-0.39, 0.29) is 11.8 Å². The first-order valence-corrected chi connectivity index (χ1v) is 10.9. The van der Waals surface area contributed by atoms with Gasteiger partial charge in [-0.05, 0) is 49.0 Å². The van der Waals surface area contributed by atoms with Crippen molar-refractivity contribution in [3.05, 3.63) is 35.9 Å². The summed E-state index contributed by atoms with van der Waals surface area (Å²) in [5, 5.41) is 0. The fraction of sp³-hybridized carbons (Fsp3) is 0.565. The molecule has 156 valence electrons. The highest BCUT2D eigenvalue weighted by atomic mass is 16.5. The third-order valence-corrected chi connectivity index (χ3v) is 6.24. The van der Waals surface area contributed by atoms with E-state index in [2.05, 4.69) is 4.90 Å². The second-order valence-electron chi connectivity index (χ2n) is 8.26. The molecule has 0 saturated carbocycles. The Morgan fingerprint density at radius 3 is 2.41 bits per heavy atom. The summed E-state index contributed by atoms with van der Waals surface area (Å²) in [5.41, 5.74) is 1.93. The normalized spacial score (nSPS) is 22.0. The van der Waals surface area contributed by atoms with E-state index in [1.807, 2.05) is 40.1 Å². The Kier molecular flexibility index (Phi) is 6.62. The Morgan fingerprint density at radius 2 is 1.76 bits per heavy atom. The van der Waals surface area contributed by atoms with Crippen molar-refractivity contribution in [1.29, 1.82) is 0 Å². The first kappa shape index (κ1) is 20.1. The number of hydrogen-bond acceptors (Lipinski definition) is 4. The van der Waals surface area contributed by atoms with Crippen molar-refractivity contribution in [2.45, 2.75) is 25.7 Å².